The smallest absolute Gasteiger partial charge is 0.282 e. The molecule has 0 amide bonds. The molecular formula is C9H12BNO. The Labute approximate surface area is 74.4 Å². The van der Waals surface area contributed by atoms with E-state index in [0.717, 1.165) is 13.1 Å². The van der Waals surface area contributed by atoms with Gasteiger partial charge in [0, 0.05) is 19.7 Å². The molecular weight excluding hydrogens is 149 g/mol. The average molecular weight is 161 g/mol. The molecule has 0 saturated carbocycles. The summed E-state index contributed by atoms with van der Waals surface area (Å²) >= 11 is 0. The van der Waals surface area contributed by atoms with Gasteiger partial charge >= 0.3 is 0 Å². The monoisotopic (exact) mass is 161 g/mol. The molecule has 0 aliphatic heterocycles. The first-order valence-corrected chi connectivity index (χ1v) is 4.00. The summed E-state index contributed by atoms with van der Waals surface area (Å²) in [6.45, 7) is 2.20. The van der Waals surface area contributed by atoms with E-state index in [9.17, 15) is 0 Å². The van der Waals surface area contributed by atoms with E-state index in [1.54, 1.807) is 0 Å². The van der Waals surface area contributed by atoms with E-state index in [0.29, 0.717) is 6.61 Å². The molecule has 0 aliphatic carbocycles. The lowest BCUT2D eigenvalue weighted by Crippen LogP contribution is -2.18. The standard InChI is InChI=1S/C9H12BNO/c10-12-7-6-11-8-9-4-2-1-3-5-9/h1-5,11H,6-8H2. The lowest BCUT2D eigenvalue weighted by Gasteiger charge is -2.03. The highest BCUT2D eigenvalue weighted by atomic mass is 16.4. The van der Waals surface area contributed by atoms with Gasteiger partial charge < -0.3 is 9.97 Å². The van der Waals surface area contributed by atoms with Crippen LogP contribution in [0.5, 0.6) is 0 Å². The lowest BCUT2D eigenvalue weighted by atomic mass is 10.2. The third-order valence-corrected chi connectivity index (χ3v) is 1.57. The average Bonchev–Trinajstić information content (AvgIpc) is 2.14. The van der Waals surface area contributed by atoms with E-state index in [1.807, 2.05) is 18.2 Å². The molecule has 0 spiro atoms. The fraction of sp³-hybridized carbons (Fsp3) is 0.333. The molecule has 0 heterocycles. The van der Waals surface area contributed by atoms with Crippen LogP contribution in [0.1, 0.15) is 5.56 Å². The van der Waals surface area contributed by atoms with Crippen molar-refractivity contribution in [3.8, 4) is 0 Å². The van der Waals surface area contributed by atoms with Gasteiger partial charge in [0.25, 0.3) is 8.05 Å². The molecule has 1 aromatic rings. The van der Waals surface area contributed by atoms with Crippen molar-refractivity contribution in [3.05, 3.63) is 35.9 Å². The van der Waals surface area contributed by atoms with Crippen molar-refractivity contribution in [2.24, 2.45) is 0 Å². The van der Waals surface area contributed by atoms with Gasteiger partial charge in [0.1, 0.15) is 0 Å². The molecule has 1 aromatic carbocycles. The van der Waals surface area contributed by atoms with Crippen LogP contribution in [0.25, 0.3) is 0 Å². The summed E-state index contributed by atoms with van der Waals surface area (Å²) in [4.78, 5) is 0. The van der Waals surface area contributed by atoms with Crippen LogP contribution in [0.2, 0.25) is 0 Å². The molecule has 1 N–H and O–H groups in total. The van der Waals surface area contributed by atoms with Crippen molar-refractivity contribution in [2.75, 3.05) is 13.2 Å². The number of hydrogen-bond donors (Lipinski definition) is 1. The molecule has 0 bridgehead atoms. The zero-order valence-electron chi connectivity index (χ0n) is 6.99. The van der Waals surface area contributed by atoms with E-state index in [1.165, 1.54) is 5.56 Å². The molecule has 2 nitrogen and oxygen atoms in total. The van der Waals surface area contributed by atoms with Crippen LogP contribution in [-0.2, 0) is 11.2 Å². The predicted molar refractivity (Wildman–Crippen MR) is 49.9 cm³/mol. The van der Waals surface area contributed by atoms with Crippen molar-refractivity contribution in [3.63, 3.8) is 0 Å². The zero-order valence-corrected chi connectivity index (χ0v) is 6.99. The summed E-state index contributed by atoms with van der Waals surface area (Å²) < 4.78 is 4.42. The van der Waals surface area contributed by atoms with Crippen LogP contribution in [-0.4, -0.2) is 21.2 Å². The number of nitrogens with one attached hydrogen (secondary N) is 1. The Morgan fingerprint density at radius 2 is 2.00 bits per heavy atom. The molecule has 1 rings (SSSR count). The van der Waals surface area contributed by atoms with Gasteiger partial charge in [-0.25, -0.2) is 0 Å². The normalized spacial score (nSPS) is 10.0. The second-order valence-corrected chi connectivity index (χ2v) is 2.53. The Hall–Kier alpha value is -0.795. The summed E-state index contributed by atoms with van der Waals surface area (Å²) in [6.07, 6.45) is 0. The molecule has 2 radical (unpaired) electrons. The zero-order chi connectivity index (χ0) is 8.65. The molecule has 0 saturated heterocycles. The maximum absolute atomic E-state index is 4.87. The summed E-state index contributed by atoms with van der Waals surface area (Å²) in [5.41, 5.74) is 1.27. The van der Waals surface area contributed by atoms with Gasteiger partial charge in [0.2, 0.25) is 0 Å². The Balaban J connectivity index is 2.16. The van der Waals surface area contributed by atoms with Crippen molar-refractivity contribution >= 4 is 8.05 Å². The van der Waals surface area contributed by atoms with Crippen molar-refractivity contribution in [1.29, 1.82) is 0 Å². The summed E-state index contributed by atoms with van der Waals surface area (Å²) in [7, 11) is 4.87. The molecule has 3 heteroatoms. The number of benzene rings is 1. The molecule has 62 valence electrons. The van der Waals surface area contributed by atoms with Crippen molar-refractivity contribution in [1.82, 2.24) is 5.32 Å². The minimum absolute atomic E-state index is 0.548. The second kappa shape index (κ2) is 5.80. The SMILES string of the molecule is [B]OCCNCc1ccccc1. The van der Waals surface area contributed by atoms with Gasteiger partial charge in [0.15, 0.2) is 0 Å². The lowest BCUT2D eigenvalue weighted by molar-refractivity contribution is 0.343. The Morgan fingerprint density at radius 3 is 2.67 bits per heavy atom. The highest BCUT2D eigenvalue weighted by molar-refractivity contribution is 5.97. The van der Waals surface area contributed by atoms with E-state index >= 15 is 0 Å². The Kier molecular flexibility index (Phi) is 4.50. The fourth-order valence-corrected chi connectivity index (χ4v) is 0.960. The largest absolute Gasteiger partial charge is 0.446 e. The van der Waals surface area contributed by atoms with Gasteiger partial charge in [-0.05, 0) is 5.56 Å². The quantitative estimate of drug-likeness (QED) is 0.511. The highest BCUT2D eigenvalue weighted by Crippen LogP contribution is 1.96. The van der Waals surface area contributed by atoms with Crippen LogP contribution < -0.4 is 5.32 Å². The molecule has 12 heavy (non-hydrogen) atoms. The summed E-state index contributed by atoms with van der Waals surface area (Å²) in [5.74, 6) is 0. The van der Waals surface area contributed by atoms with Crippen LogP contribution >= 0.6 is 0 Å². The van der Waals surface area contributed by atoms with Gasteiger partial charge in [-0.2, -0.15) is 0 Å². The first-order valence-electron chi connectivity index (χ1n) is 4.00. The Morgan fingerprint density at radius 1 is 1.25 bits per heavy atom. The van der Waals surface area contributed by atoms with Crippen LogP contribution in [0, 0.1) is 0 Å². The van der Waals surface area contributed by atoms with Crippen LogP contribution in [0.15, 0.2) is 30.3 Å². The van der Waals surface area contributed by atoms with E-state index in [-0.39, 0.29) is 0 Å². The molecule has 0 aromatic heterocycles. The van der Waals surface area contributed by atoms with Gasteiger partial charge in [-0.3, -0.25) is 0 Å². The number of hydrogen-bond acceptors (Lipinski definition) is 2. The van der Waals surface area contributed by atoms with Crippen LogP contribution in [0.4, 0.5) is 0 Å². The first kappa shape index (κ1) is 9.29. The van der Waals surface area contributed by atoms with Gasteiger partial charge in [-0.1, -0.05) is 30.3 Å². The topological polar surface area (TPSA) is 21.3 Å². The maximum Gasteiger partial charge on any atom is 0.282 e. The van der Waals surface area contributed by atoms with E-state index < -0.39 is 0 Å². The predicted octanol–water partition coefficient (Wildman–Crippen LogP) is 0.876. The molecule has 0 unspecified atom stereocenters. The first-order chi connectivity index (χ1) is 5.93. The van der Waals surface area contributed by atoms with Crippen molar-refractivity contribution < 1.29 is 4.65 Å². The highest BCUT2D eigenvalue weighted by Gasteiger charge is 1.88. The third kappa shape index (κ3) is 3.55. The van der Waals surface area contributed by atoms with Crippen molar-refractivity contribution in [2.45, 2.75) is 6.54 Å². The minimum Gasteiger partial charge on any atom is -0.446 e. The molecule has 0 aliphatic rings. The molecule has 0 atom stereocenters. The van der Waals surface area contributed by atoms with Gasteiger partial charge in [0.05, 0.1) is 0 Å². The summed E-state index contributed by atoms with van der Waals surface area (Å²) in [6, 6.07) is 10.2. The second-order valence-electron chi connectivity index (χ2n) is 2.53. The number of rotatable bonds is 5. The van der Waals surface area contributed by atoms with E-state index in [2.05, 4.69) is 22.1 Å². The molecule has 0 fully saturated rings. The maximum atomic E-state index is 4.87. The minimum atomic E-state index is 0.548. The van der Waals surface area contributed by atoms with Gasteiger partial charge in [-0.15, -0.1) is 0 Å². The third-order valence-electron chi connectivity index (χ3n) is 1.57. The van der Waals surface area contributed by atoms with E-state index in [4.69, 9.17) is 8.05 Å². The summed E-state index contributed by atoms with van der Waals surface area (Å²) in [5, 5.41) is 3.20. The van der Waals surface area contributed by atoms with Crippen LogP contribution in [0.3, 0.4) is 0 Å². The Bertz CT molecular complexity index is 203. The fourth-order valence-electron chi connectivity index (χ4n) is 0.960.